The van der Waals surface area contributed by atoms with Crippen LogP contribution in [0, 0.1) is 0 Å². The fourth-order valence-corrected chi connectivity index (χ4v) is 11.9. The first-order chi connectivity index (χ1) is 15.8. The van der Waals surface area contributed by atoms with Crippen molar-refractivity contribution in [2.75, 3.05) is 6.54 Å². The molecule has 1 saturated carbocycles. The van der Waals surface area contributed by atoms with Gasteiger partial charge in [0, 0.05) is 18.5 Å². The first kappa shape index (κ1) is 21.3. The molecule has 4 heterocycles. The second-order valence-electron chi connectivity index (χ2n) is 11.2. The lowest BCUT2D eigenvalue weighted by Gasteiger charge is -2.59. The largest absolute Gasteiger partial charge is 0.450 e. The molecule has 5 aliphatic rings. The van der Waals surface area contributed by atoms with Crippen molar-refractivity contribution < 1.29 is 14.0 Å². The summed E-state index contributed by atoms with van der Waals surface area (Å²) in [7, 11) is -2.67. The van der Waals surface area contributed by atoms with Crippen molar-refractivity contribution in [2.24, 2.45) is 0 Å². The van der Waals surface area contributed by atoms with Crippen LogP contribution in [-0.4, -0.2) is 49.5 Å². The van der Waals surface area contributed by atoms with Gasteiger partial charge in [0.25, 0.3) is 8.32 Å². The number of nitrogens with zero attached hydrogens (tertiary/aromatic N) is 1. The topological polar surface area (TPSA) is 38.8 Å². The minimum absolute atomic E-state index is 0.0358. The summed E-state index contributed by atoms with van der Waals surface area (Å²) < 4.78 is 13.7. The van der Waals surface area contributed by atoms with Gasteiger partial charge in [0.1, 0.15) is 0 Å². The van der Waals surface area contributed by atoms with E-state index in [1.165, 1.54) is 22.4 Å². The predicted octanol–water partition coefficient (Wildman–Crippen LogP) is 3.79. The Kier molecular flexibility index (Phi) is 4.78. The molecule has 2 aromatic rings. The van der Waals surface area contributed by atoms with Gasteiger partial charge in [-0.3, -0.25) is 4.90 Å². The van der Waals surface area contributed by atoms with Gasteiger partial charge in [-0.1, -0.05) is 81.4 Å². The number of benzene rings is 2. The fraction of sp³-hybridized carbons (Fsp3) is 0.464. The summed E-state index contributed by atoms with van der Waals surface area (Å²) >= 11 is 0. The molecule has 172 valence electrons. The molecule has 33 heavy (non-hydrogen) atoms. The highest BCUT2D eigenvalue weighted by Gasteiger charge is 2.66. The Morgan fingerprint density at radius 2 is 1.67 bits per heavy atom. The van der Waals surface area contributed by atoms with Gasteiger partial charge in [0.2, 0.25) is 0 Å². The third-order valence-electron chi connectivity index (χ3n) is 8.48. The SMILES string of the molecule is CC(C)(C)[Si](OC1CC23OC(=O)C=C2CC1N1CCCC13)(c1ccccc1)c1ccccc1. The second kappa shape index (κ2) is 7.39. The highest BCUT2D eigenvalue weighted by atomic mass is 28.4. The lowest BCUT2D eigenvalue weighted by atomic mass is 9.67. The average Bonchev–Trinajstić information content (AvgIpc) is 3.42. The molecule has 4 unspecified atom stereocenters. The standard InChI is InChI=1S/C28H33NO3Si/c1-27(2,3)33(21-11-6-4-7-12-21,22-13-8-5-9-14-22)32-24-19-28-20(18-26(30)31-28)17-23(24)29-16-10-15-25(28)29/h4-9,11-14,18,23-25H,10,15-17,19H2,1-3H3. The zero-order valence-corrected chi connectivity index (χ0v) is 20.8. The number of fused-ring (bicyclic) bond motifs is 1. The van der Waals surface area contributed by atoms with E-state index >= 15 is 0 Å². The van der Waals surface area contributed by atoms with Gasteiger partial charge >= 0.3 is 5.97 Å². The van der Waals surface area contributed by atoms with Crippen molar-refractivity contribution in [1.82, 2.24) is 4.90 Å². The number of carbonyl (C=O) groups excluding carboxylic acids is 1. The van der Waals surface area contributed by atoms with Crippen molar-refractivity contribution in [3.05, 3.63) is 72.3 Å². The molecule has 7 rings (SSSR count). The van der Waals surface area contributed by atoms with Crippen LogP contribution in [0.3, 0.4) is 0 Å². The van der Waals surface area contributed by atoms with Crippen LogP contribution in [0.1, 0.15) is 46.5 Å². The Morgan fingerprint density at radius 3 is 2.27 bits per heavy atom. The summed E-state index contributed by atoms with van der Waals surface area (Å²) in [5.74, 6) is -0.163. The van der Waals surface area contributed by atoms with E-state index in [1.54, 1.807) is 6.08 Å². The maximum atomic E-state index is 12.4. The quantitative estimate of drug-likeness (QED) is 0.515. The molecule has 1 aliphatic carbocycles. The Balaban J connectivity index is 1.48. The molecule has 1 spiro atoms. The normalized spacial score (nSPS) is 31.2. The van der Waals surface area contributed by atoms with Crippen LogP contribution < -0.4 is 10.4 Å². The van der Waals surface area contributed by atoms with Crippen molar-refractivity contribution in [2.45, 2.75) is 75.3 Å². The van der Waals surface area contributed by atoms with E-state index in [1.807, 2.05) is 0 Å². The molecule has 0 amide bonds. The minimum Gasteiger partial charge on any atom is -0.450 e. The molecule has 0 N–H and O–H groups in total. The summed E-state index contributed by atoms with van der Waals surface area (Å²) in [6.07, 6.45) is 5.74. The lowest BCUT2D eigenvalue weighted by Crippen LogP contribution is -2.74. The van der Waals surface area contributed by atoms with E-state index in [-0.39, 0.29) is 17.1 Å². The van der Waals surface area contributed by atoms with Gasteiger partial charge < -0.3 is 9.16 Å². The van der Waals surface area contributed by atoms with Crippen LogP contribution in [0.5, 0.6) is 0 Å². The van der Waals surface area contributed by atoms with E-state index in [9.17, 15) is 4.79 Å². The Hall–Kier alpha value is -2.21. The zero-order valence-electron chi connectivity index (χ0n) is 19.8. The summed E-state index contributed by atoms with van der Waals surface area (Å²) in [4.78, 5) is 15.0. The van der Waals surface area contributed by atoms with Gasteiger partial charge in [-0.2, -0.15) is 0 Å². The van der Waals surface area contributed by atoms with Crippen molar-refractivity contribution in [3.8, 4) is 0 Å². The van der Waals surface area contributed by atoms with Crippen molar-refractivity contribution >= 4 is 24.7 Å². The van der Waals surface area contributed by atoms with Crippen LogP contribution in [-0.2, 0) is 14.0 Å². The third-order valence-corrected chi connectivity index (χ3v) is 13.5. The van der Waals surface area contributed by atoms with Crippen LogP contribution in [0.15, 0.2) is 72.3 Å². The molecule has 2 bridgehead atoms. The number of piperidine rings is 2. The number of ether oxygens (including phenoxy) is 1. The molecule has 0 aromatic heterocycles. The summed E-state index contributed by atoms with van der Waals surface area (Å²) in [6.45, 7) is 8.07. The molecule has 4 atom stereocenters. The maximum absolute atomic E-state index is 12.4. The van der Waals surface area contributed by atoms with Crippen molar-refractivity contribution in [3.63, 3.8) is 0 Å². The van der Waals surface area contributed by atoms with Crippen LogP contribution in [0.2, 0.25) is 5.04 Å². The van der Waals surface area contributed by atoms with E-state index < -0.39 is 13.9 Å². The smallest absolute Gasteiger partial charge is 0.331 e. The molecule has 3 saturated heterocycles. The zero-order chi connectivity index (χ0) is 22.8. The average molecular weight is 460 g/mol. The Morgan fingerprint density at radius 1 is 1.03 bits per heavy atom. The molecular formula is C28H33NO3Si. The predicted molar refractivity (Wildman–Crippen MR) is 132 cm³/mol. The lowest BCUT2D eigenvalue weighted by molar-refractivity contribution is -0.174. The van der Waals surface area contributed by atoms with Crippen LogP contribution in [0.4, 0.5) is 0 Å². The molecule has 4 nitrogen and oxygen atoms in total. The molecule has 4 aliphatic heterocycles. The number of hydrogen-bond donors (Lipinski definition) is 0. The van der Waals surface area contributed by atoms with Gasteiger partial charge in [0.05, 0.1) is 12.1 Å². The van der Waals surface area contributed by atoms with Crippen molar-refractivity contribution in [1.29, 1.82) is 0 Å². The van der Waals surface area contributed by atoms with Crippen LogP contribution >= 0.6 is 0 Å². The molecule has 0 radical (unpaired) electrons. The Bertz CT molecular complexity index is 1050. The van der Waals surface area contributed by atoms with Gasteiger partial charge in [-0.15, -0.1) is 0 Å². The maximum Gasteiger partial charge on any atom is 0.331 e. The van der Waals surface area contributed by atoms with E-state index in [2.05, 4.69) is 86.3 Å². The minimum atomic E-state index is -2.67. The fourth-order valence-electron chi connectivity index (χ4n) is 7.21. The summed E-state index contributed by atoms with van der Waals surface area (Å²) in [5.41, 5.74) is 0.723. The molecular weight excluding hydrogens is 426 g/mol. The number of carbonyl (C=O) groups is 1. The Labute approximate surface area is 197 Å². The van der Waals surface area contributed by atoms with E-state index in [0.717, 1.165) is 25.8 Å². The number of esters is 1. The first-order valence-electron chi connectivity index (χ1n) is 12.3. The van der Waals surface area contributed by atoms with Gasteiger partial charge in [0.15, 0.2) is 5.60 Å². The van der Waals surface area contributed by atoms with Gasteiger partial charge in [-0.25, -0.2) is 4.79 Å². The van der Waals surface area contributed by atoms with E-state index in [0.29, 0.717) is 12.1 Å². The molecule has 5 heteroatoms. The monoisotopic (exact) mass is 459 g/mol. The molecule has 4 fully saturated rings. The highest BCUT2D eigenvalue weighted by molar-refractivity contribution is 6.99. The highest BCUT2D eigenvalue weighted by Crippen LogP contribution is 2.55. The molecule has 2 aromatic carbocycles. The first-order valence-corrected chi connectivity index (χ1v) is 14.2. The second-order valence-corrected chi connectivity index (χ2v) is 15.4. The summed E-state index contributed by atoms with van der Waals surface area (Å²) in [6, 6.07) is 22.3. The van der Waals surface area contributed by atoms with Crippen LogP contribution in [0.25, 0.3) is 0 Å². The third kappa shape index (κ3) is 2.98. The summed E-state index contributed by atoms with van der Waals surface area (Å²) in [5, 5.41) is 2.54. The number of rotatable bonds is 4. The van der Waals surface area contributed by atoms with E-state index in [4.69, 9.17) is 9.16 Å². The van der Waals surface area contributed by atoms with Gasteiger partial charge in [-0.05, 0) is 46.8 Å². The number of hydrogen-bond acceptors (Lipinski definition) is 4.